The van der Waals surface area contributed by atoms with E-state index in [9.17, 15) is 30.6 Å². The van der Waals surface area contributed by atoms with Crippen LogP contribution in [0.4, 0.5) is 17.5 Å². The molecule has 372 valence electrons. The van der Waals surface area contributed by atoms with Crippen LogP contribution >= 0.6 is 0 Å². The second-order valence-electron chi connectivity index (χ2n) is 18.5. The summed E-state index contributed by atoms with van der Waals surface area (Å²) in [7, 11) is 0. The molecule has 3 saturated heterocycles. The van der Waals surface area contributed by atoms with E-state index in [0.29, 0.717) is 85.7 Å². The van der Waals surface area contributed by atoms with Crippen molar-refractivity contribution in [3.63, 3.8) is 0 Å². The Morgan fingerprint density at radius 2 is 1.11 bits per heavy atom. The van der Waals surface area contributed by atoms with Gasteiger partial charge in [0.15, 0.2) is 30.3 Å². The molecule has 0 radical (unpaired) electrons. The van der Waals surface area contributed by atoms with Crippen molar-refractivity contribution in [2.75, 3.05) is 37.0 Å². The lowest BCUT2D eigenvalue weighted by Gasteiger charge is -2.17. The van der Waals surface area contributed by atoms with E-state index in [4.69, 9.17) is 46.4 Å². The maximum atomic E-state index is 11.2. The van der Waals surface area contributed by atoms with E-state index >= 15 is 0 Å². The number of aliphatic hydroxyl groups is 6. The van der Waals surface area contributed by atoms with E-state index in [2.05, 4.69) is 21.5 Å². The van der Waals surface area contributed by atoms with Crippen LogP contribution in [0.2, 0.25) is 0 Å². The number of nitrogen functional groups attached to an aromatic ring is 3. The van der Waals surface area contributed by atoms with Gasteiger partial charge in [-0.15, -0.1) is 0 Å². The van der Waals surface area contributed by atoms with Gasteiger partial charge in [0.25, 0.3) is 0 Å². The Bertz CT molecular complexity index is 3390. The minimum Gasteiger partial charge on any atom is -0.394 e. The number of hydrogen-bond acceptors (Lipinski definition) is 18. The van der Waals surface area contributed by atoms with E-state index < -0.39 is 55.3 Å². The number of hydrogen-bond donors (Lipinski definition) is 9. The summed E-state index contributed by atoms with van der Waals surface area (Å²) in [5, 5.41) is 64.2. The monoisotopic (exact) mass is 978 g/mol. The summed E-state index contributed by atoms with van der Waals surface area (Å²) in [6.45, 7) is 3.22. The van der Waals surface area contributed by atoms with Crippen molar-refractivity contribution in [2.45, 2.75) is 87.4 Å². The van der Waals surface area contributed by atoms with Crippen molar-refractivity contribution in [3.05, 3.63) is 108 Å². The molecule has 3 fully saturated rings. The summed E-state index contributed by atoms with van der Waals surface area (Å²) in [5.41, 5.74) is 26.5. The smallest absolute Gasteiger partial charge is 0.163 e. The number of aliphatic hydroxyl groups excluding tert-OH is 6. The van der Waals surface area contributed by atoms with Gasteiger partial charge in [-0.05, 0) is 41.7 Å². The lowest BCUT2D eigenvalue weighted by molar-refractivity contribution is -0.0484. The van der Waals surface area contributed by atoms with Crippen LogP contribution in [0.1, 0.15) is 65.8 Å². The fourth-order valence-electron chi connectivity index (χ4n) is 10.3. The zero-order valence-electron chi connectivity index (χ0n) is 38.9. The van der Waals surface area contributed by atoms with Gasteiger partial charge in [-0.1, -0.05) is 61.2 Å². The maximum Gasteiger partial charge on any atom is 0.163 e. The van der Waals surface area contributed by atoms with Gasteiger partial charge in [0.1, 0.15) is 59.0 Å². The summed E-state index contributed by atoms with van der Waals surface area (Å²) < 4.78 is 23.3. The molecule has 72 heavy (non-hydrogen) atoms. The lowest BCUT2D eigenvalue weighted by atomic mass is 10.0. The normalized spacial score (nSPS) is 24.5. The Kier molecular flexibility index (Phi) is 12.5. The molecule has 0 aliphatic carbocycles. The summed E-state index contributed by atoms with van der Waals surface area (Å²) >= 11 is 0. The zero-order chi connectivity index (χ0) is 49.9. The summed E-state index contributed by atoms with van der Waals surface area (Å²) in [6, 6.07) is 15.4. The van der Waals surface area contributed by atoms with Crippen LogP contribution in [0.25, 0.3) is 74.1 Å². The van der Waals surface area contributed by atoms with Crippen molar-refractivity contribution >= 4 is 68.8 Å². The fraction of sp³-hybridized carbons (Fsp3) is 0.333. The zero-order valence-corrected chi connectivity index (χ0v) is 38.9. The third-order valence-electron chi connectivity index (χ3n) is 13.8. The van der Waals surface area contributed by atoms with E-state index in [0.717, 1.165) is 16.7 Å². The summed E-state index contributed by atoms with van der Waals surface area (Å²) in [4.78, 5) is 28.2. The van der Waals surface area contributed by atoms with Crippen molar-refractivity contribution < 1.29 is 44.8 Å². The van der Waals surface area contributed by atoms with Gasteiger partial charge in [0.2, 0.25) is 0 Å². The molecule has 8 aromatic rings. The molecule has 12 N–H and O–H groups in total. The Labute approximate surface area is 411 Å². The Morgan fingerprint density at radius 1 is 0.583 bits per heavy atom. The van der Waals surface area contributed by atoms with Crippen molar-refractivity contribution in [2.24, 2.45) is 0 Å². The minimum atomic E-state index is -0.952. The molecule has 9 heterocycles. The van der Waals surface area contributed by atoms with Crippen LogP contribution in [-0.2, 0) is 27.1 Å². The van der Waals surface area contributed by atoms with Crippen LogP contribution in [0.5, 0.6) is 0 Å². The number of aromatic nitrogens is 9. The second kappa shape index (κ2) is 19.1. The molecule has 11 rings (SSSR count). The van der Waals surface area contributed by atoms with Crippen molar-refractivity contribution in [3.8, 4) is 22.8 Å². The maximum absolute atomic E-state index is 11.2. The number of nitrogens with two attached hydrogens (primary N) is 3. The molecule has 21 heteroatoms. The van der Waals surface area contributed by atoms with E-state index in [1.165, 1.54) is 6.33 Å². The number of aryl methyl sites for hydroxylation is 2. The van der Waals surface area contributed by atoms with Crippen molar-refractivity contribution in [1.82, 2.24) is 43.6 Å². The Balaban J connectivity index is 0.907. The van der Waals surface area contributed by atoms with Gasteiger partial charge < -0.3 is 75.8 Å². The summed E-state index contributed by atoms with van der Waals surface area (Å²) in [5.74, 6) is 1.41. The first-order valence-corrected chi connectivity index (χ1v) is 23.7. The van der Waals surface area contributed by atoms with Gasteiger partial charge in [-0.3, -0.25) is 0 Å². The minimum absolute atomic E-state index is 0.197. The highest BCUT2D eigenvalue weighted by atomic mass is 16.6. The number of benzene rings is 2. The predicted octanol–water partition coefficient (Wildman–Crippen LogP) is 3.52. The number of ether oxygens (including phenoxy) is 3. The Hall–Kier alpha value is -7.18. The summed E-state index contributed by atoms with van der Waals surface area (Å²) in [6.07, 6.45) is 7.40. The molecule has 3 aliphatic rings. The van der Waals surface area contributed by atoms with Crippen molar-refractivity contribution in [1.29, 1.82) is 0 Å². The van der Waals surface area contributed by atoms with Crippen LogP contribution < -0.4 is 17.2 Å². The highest BCUT2D eigenvalue weighted by Gasteiger charge is 2.39. The molecule has 0 spiro atoms. The lowest BCUT2D eigenvalue weighted by Crippen LogP contribution is -2.19. The first-order chi connectivity index (χ1) is 34.9. The van der Waals surface area contributed by atoms with Crippen LogP contribution in [0.15, 0.2) is 80.0 Å². The molecule has 21 nitrogen and oxygen atoms in total. The quantitative estimate of drug-likeness (QED) is 0.0753. The molecular formula is C51H54N12O9. The van der Waals surface area contributed by atoms with E-state index in [1.807, 2.05) is 66.9 Å². The predicted molar refractivity (Wildman–Crippen MR) is 268 cm³/mol. The highest BCUT2D eigenvalue weighted by molar-refractivity contribution is 5.98. The SMILES string of the molecule is C=Cc1cn([C@@H]2O[C@H](CO)C[C@H]2O)c2nc(-c3cccc(/C=C/c4cn([C@@H]5O[C@H](CO)C[C@H]5O)c5nc(-c6cccc(CCc7cn([C@@H]8O[C@H](CO)C[C@H]8O)c8ncnc(N)c78)c6)nc(N)c45)c3)nc(N)c12. The topological polar surface area (TPSA) is 319 Å². The van der Waals surface area contributed by atoms with Gasteiger partial charge in [0, 0.05) is 60.1 Å². The third-order valence-corrected chi connectivity index (χ3v) is 13.8. The first-order valence-electron chi connectivity index (χ1n) is 23.7. The number of nitrogens with zero attached hydrogens (tertiary/aromatic N) is 9. The van der Waals surface area contributed by atoms with Gasteiger partial charge in [-0.2, -0.15) is 0 Å². The number of fused-ring (bicyclic) bond motifs is 3. The highest BCUT2D eigenvalue weighted by Crippen LogP contribution is 2.39. The third kappa shape index (κ3) is 8.42. The average Bonchev–Trinajstić information content (AvgIpc) is 4.26. The number of rotatable bonds is 14. The number of anilines is 3. The molecule has 9 atom stereocenters. The standard InChI is InChI=1S/C51H54N12O9/c1-2-27-18-62(50-36(68)16-33(22-65)71-50)47-38(27)42(53)57-44(59-47)28-7-4-6-26(14-28)10-12-31-20-63(51-37(69)17-34(23-66)72-51)48-40(31)43(54)58-45(60-48)29-8-3-5-25(13-29)9-11-30-19-61(46-39(30)41(52)55-24-56-46)49-35(67)15-32(21-64)70-49/h2-8,10,12-14,18-20,24,32-37,49-51,64-69H,1,9,11,15-17,21-23H2,(H2,52,55,56)(H2,53,57,59)(H2,54,58,60)/b12-10+/t32-,33-,34-,35+,36+,37+,49+,50+,51+/m0/s1. The fourth-order valence-corrected chi connectivity index (χ4v) is 10.3. The van der Waals surface area contributed by atoms with Gasteiger partial charge >= 0.3 is 0 Å². The molecule has 0 unspecified atom stereocenters. The molecule has 0 amide bonds. The average molecular weight is 979 g/mol. The van der Waals surface area contributed by atoms with Gasteiger partial charge in [0.05, 0.1) is 54.3 Å². The van der Waals surface area contributed by atoms with E-state index in [1.54, 1.807) is 32.2 Å². The first kappa shape index (κ1) is 47.2. The molecule has 0 bridgehead atoms. The van der Waals surface area contributed by atoms with Crippen LogP contribution in [0, 0.1) is 0 Å². The van der Waals surface area contributed by atoms with Crippen LogP contribution in [0.3, 0.4) is 0 Å². The molecule has 0 saturated carbocycles. The molecular weight excluding hydrogens is 925 g/mol. The molecule has 2 aromatic carbocycles. The Morgan fingerprint density at radius 3 is 1.67 bits per heavy atom. The largest absolute Gasteiger partial charge is 0.394 e. The van der Waals surface area contributed by atoms with Crippen LogP contribution in [-0.4, -0.2) is 131 Å². The molecule has 6 aromatic heterocycles. The molecule has 3 aliphatic heterocycles. The van der Waals surface area contributed by atoms with Gasteiger partial charge in [-0.25, -0.2) is 29.9 Å². The van der Waals surface area contributed by atoms with E-state index in [-0.39, 0.29) is 50.7 Å². The second-order valence-corrected chi connectivity index (χ2v) is 18.5.